The monoisotopic (exact) mass is 348 g/mol. The predicted molar refractivity (Wildman–Crippen MR) is 87.6 cm³/mol. The van der Waals surface area contributed by atoms with Crippen LogP contribution in [0.1, 0.15) is 12.5 Å². The molecule has 0 bridgehead atoms. The van der Waals surface area contributed by atoms with Gasteiger partial charge < -0.3 is 9.47 Å². The number of halogens is 1. The Hall–Kier alpha value is -1.88. The molecule has 5 heteroatoms. The van der Waals surface area contributed by atoms with Gasteiger partial charge in [0.05, 0.1) is 0 Å². The van der Waals surface area contributed by atoms with E-state index in [1.54, 1.807) is 24.1 Å². The first-order valence-electron chi connectivity index (χ1n) is 6.75. The second-order valence-corrected chi connectivity index (χ2v) is 5.66. The van der Waals surface area contributed by atoms with Gasteiger partial charge in [0, 0.05) is 28.5 Å². The molecule has 0 unspecified atom stereocenters. The molecular formula is C16H17BrN2O2. The lowest BCUT2D eigenvalue weighted by Crippen LogP contribution is -2.36. The van der Waals surface area contributed by atoms with Crippen LogP contribution >= 0.6 is 15.9 Å². The van der Waals surface area contributed by atoms with Crippen molar-refractivity contribution in [3.8, 4) is 0 Å². The number of amides is 1. The van der Waals surface area contributed by atoms with Gasteiger partial charge >= 0.3 is 0 Å². The third kappa shape index (κ3) is 3.61. The summed E-state index contributed by atoms with van der Waals surface area (Å²) in [5, 5.41) is 0. The van der Waals surface area contributed by atoms with Gasteiger partial charge in [-0.05, 0) is 48.0 Å². The molecule has 0 radical (unpaired) electrons. The Kier molecular flexibility index (Phi) is 4.96. The number of aromatic nitrogens is 1. The van der Waals surface area contributed by atoms with E-state index < -0.39 is 0 Å². The van der Waals surface area contributed by atoms with Gasteiger partial charge in [0.1, 0.15) is 6.54 Å². The molecule has 1 aromatic carbocycles. The molecule has 0 fully saturated rings. The Morgan fingerprint density at radius 1 is 1.29 bits per heavy atom. The maximum absolute atomic E-state index is 12.5. The lowest BCUT2D eigenvalue weighted by atomic mass is 10.2. The molecule has 0 aliphatic carbocycles. The minimum atomic E-state index is -0.143. The third-order valence-corrected chi connectivity index (χ3v) is 3.66. The summed E-state index contributed by atoms with van der Waals surface area (Å²) in [7, 11) is 0. The molecule has 0 saturated heterocycles. The largest absolute Gasteiger partial charge is 0.311 e. The highest BCUT2D eigenvalue weighted by atomic mass is 79.9. The second kappa shape index (κ2) is 6.72. The summed E-state index contributed by atoms with van der Waals surface area (Å²) in [4.78, 5) is 26.2. The number of carbonyl (C=O) groups is 1. The number of anilines is 1. The van der Waals surface area contributed by atoms with Crippen molar-refractivity contribution in [2.75, 3.05) is 11.4 Å². The zero-order valence-electron chi connectivity index (χ0n) is 12.0. The van der Waals surface area contributed by atoms with Crippen molar-refractivity contribution in [3.05, 3.63) is 63.0 Å². The van der Waals surface area contributed by atoms with Crippen LogP contribution in [0.5, 0.6) is 0 Å². The second-order valence-electron chi connectivity index (χ2n) is 4.75. The number of rotatable bonds is 4. The molecule has 0 aliphatic rings. The summed E-state index contributed by atoms with van der Waals surface area (Å²) in [6, 6.07) is 11.2. The van der Waals surface area contributed by atoms with E-state index in [0.717, 1.165) is 10.2 Å². The van der Waals surface area contributed by atoms with Crippen LogP contribution in [0, 0.1) is 6.92 Å². The first-order chi connectivity index (χ1) is 10.0. The summed E-state index contributed by atoms with van der Waals surface area (Å²) in [6.07, 6.45) is 1.64. The van der Waals surface area contributed by atoms with Gasteiger partial charge in [-0.3, -0.25) is 9.59 Å². The third-order valence-electron chi connectivity index (χ3n) is 3.22. The summed E-state index contributed by atoms with van der Waals surface area (Å²) in [5.74, 6) is -0.108. The van der Waals surface area contributed by atoms with Gasteiger partial charge in [-0.15, -0.1) is 0 Å². The van der Waals surface area contributed by atoms with Gasteiger partial charge in [-0.1, -0.05) is 18.2 Å². The smallest absolute Gasteiger partial charge is 0.253 e. The maximum atomic E-state index is 12.5. The van der Waals surface area contributed by atoms with Crippen molar-refractivity contribution >= 4 is 27.5 Å². The van der Waals surface area contributed by atoms with Crippen LogP contribution in [0.2, 0.25) is 0 Å². The molecule has 0 saturated carbocycles. The molecule has 0 N–H and O–H groups in total. The van der Waals surface area contributed by atoms with Crippen LogP contribution in [0.25, 0.3) is 0 Å². The highest BCUT2D eigenvalue weighted by Crippen LogP contribution is 2.14. The van der Waals surface area contributed by atoms with Crippen molar-refractivity contribution in [3.63, 3.8) is 0 Å². The summed E-state index contributed by atoms with van der Waals surface area (Å²) < 4.78 is 2.23. The molecule has 110 valence electrons. The first-order valence-corrected chi connectivity index (χ1v) is 7.54. The Morgan fingerprint density at radius 2 is 1.95 bits per heavy atom. The number of pyridine rings is 1. The molecule has 2 rings (SSSR count). The van der Waals surface area contributed by atoms with Gasteiger partial charge in [-0.2, -0.15) is 0 Å². The normalized spacial score (nSPS) is 10.4. The number of hydrogen-bond acceptors (Lipinski definition) is 2. The highest BCUT2D eigenvalue weighted by molar-refractivity contribution is 9.10. The Bertz CT molecular complexity index is 695. The fourth-order valence-electron chi connectivity index (χ4n) is 2.20. The van der Waals surface area contributed by atoms with E-state index in [1.165, 1.54) is 4.57 Å². The lowest BCUT2D eigenvalue weighted by Gasteiger charge is -2.21. The first kappa shape index (κ1) is 15.5. The van der Waals surface area contributed by atoms with Gasteiger partial charge in [-0.25, -0.2) is 0 Å². The Labute approximate surface area is 132 Å². The topological polar surface area (TPSA) is 42.3 Å². The standard InChI is InChI=1S/C16H17BrN2O2/c1-3-19(14-7-5-4-6-8-14)15(20)11-18-10-13(17)9-12(2)16(18)21/h4-10H,3,11H2,1-2H3. The van der Waals surface area contributed by atoms with E-state index in [-0.39, 0.29) is 18.0 Å². The van der Waals surface area contributed by atoms with Gasteiger partial charge in [0.25, 0.3) is 5.56 Å². The van der Waals surface area contributed by atoms with Crippen LogP contribution in [0.15, 0.2) is 51.9 Å². The van der Waals surface area contributed by atoms with Crippen LogP contribution < -0.4 is 10.5 Å². The number of para-hydroxylation sites is 1. The van der Waals surface area contributed by atoms with E-state index in [9.17, 15) is 9.59 Å². The van der Waals surface area contributed by atoms with Crippen LogP contribution in [-0.2, 0) is 11.3 Å². The number of aryl methyl sites for hydroxylation is 1. The van der Waals surface area contributed by atoms with Crippen LogP contribution in [0.3, 0.4) is 0 Å². The molecule has 4 nitrogen and oxygen atoms in total. The number of benzene rings is 1. The lowest BCUT2D eigenvalue weighted by molar-refractivity contribution is -0.119. The highest BCUT2D eigenvalue weighted by Gasteiger charge is 2.15. The number of hydrogen-bond donors (Lipinski definition) is 0. The molecule has 1 amide bonds. The zero-order valence-corrected chi connectivity index (χ0v) is 13.6. The van der Waals surface area contributed by atoms with Gasteiger partial charge in [0.2, 0.25) is 5.91 Å². The molecular weight excluding hydrogens is 332 g/mol. The minimum Gasteiger partial charge on any atom is -0.311 e. The SMILES string of the molecule is CCN(C(=O)Cn1cc(Br)cc(C)c1=O)c1ccccc1. The summed E-state index contributed by atoms with van der Waals surface area (Å²) >= 11 is 3.35. The van der Waals surface area contributed by atoms with Gasteiger partial charge in [0.15, 0.2) is 0 Å². The van der Waals surface area contributed by atoms with E-state index in [2.05, 4.69) is 15.9 Å². The Balaban J connectivity index is 2.27. The summed E-state index contributed by atoms with van der Waals surface area (Å²) in [6.45, 7) is 4.25. The molecule has 1 heterocycles. The fraction of sp³-hybridized carbons (Fsp3) is 0.250. The average Bonchev–Trinajstić information content (AvgIpc) is 2.46. The molecule has 0 atom stereocenters. The number of nitrogens with zero attached hydrogens (tertiary/aromatic N) is 2. The van der Waals surface area contributed by atoms with E-state index >= 15 is 0 Å². The number of carbonyl (C=O) groups excluding carboxylic acids is 1. The maximum Gasteiger partial charge on any atom is 0.253 e. The van der Waals surface area contributed by atoms with Crippen molar-refractivity contribution in [1.29, 1.82) is 0 Å². The average molecular weight is 349 g/mol. The minimum absolute atomic E-state index is 0.0296. The molecule has 21 heavy (non-hydrogen) atoms. The van der Waals surface area contributed by atoms with E-state index in [0.29, 0.717) is 12.1 Å². The Morgan fingerprint density at radius 3 is 2.57 bits per heavy atom. The van der Waals surface area contributed by atoms with Crippen molar-refractivity contribution in [2.45, 2.75) is 20.4 Å². The van der Waals surface area contributed by atoms with Crippen molar-refractivity contribution in [1.82, 2.24) is 4.57 Å². The van der Waals surface area contributed by atoms with Crippen LogP contribution in [0.4, 0.5) is 5.69 Å². The quantitative estimate of drug-likeness (QED) is 0.852. The van der Waals surface area contributed by atoms with Crippen molar-refractivity contribution in [2.24, 2.45) is 0 Å². The molecule has 0 aliphatic heterocycles. The zero-order chi connectivity index (χ0) is 15.4. The molecule has 1 aromatic heterocycles. The molecule has 2 aromatic rings. The fourth-order valence-corrected chi connectivity index (χ4v) is 2.79. The van der Waals surface area contributed by atoms with E-state index in [1.807, 2.05) is 37.3 Å². The van der Waals surface area contributed by atoms with Crippen LogP contribution in [-0.4, -0.2) is 17.0 Å². The van der Waals surface area contributed by atoms with Crippen molar-refractivity contribution < 1.29 is 4.79 Å². The summed E-state index contributed by atoms with van der Waals surface area (Å²) in [5.41, 5.74) is 1.31. The molecule has 0 spiro atoms. The van der Waals surface area contributed by atoms with E-state index in [4.69, 9.17) is 0 Å². The number of likely N-dealkylation sites (N-methyl/N-ethyl adjacent to an activating group) is 1. The predicted octanol–water partition coefficient (Wildman–Crippen LogP) is 2.97.